The molecule has 3 aromatic rings. The second-order valence-corrected chi connectivity index (χ2v) is 9.92. The van der Waals surface area contributed by atoms with Crippen molar-refractivity contribution in [1.29, 1.82) is 0 Å². The van der Waals surface area contributed by atoms with Gasteiger partial charge < -0.3 is 4.74 Å². The molecule has 1 unspecified atom stereocenters. The Hall–Kier alpha value is -3.18. The van der Waals surface area contributed by atoms with Crippen LogP contribution < -0.4 is 9.46 Å². The summed E-state index contributed by atoms with van der Waals surface area (Å²) in [6.45, 7) is 5.45. The van der Waals surface area contributed by atoms with Gasteiger partial charge in [0, 0.05) is 29.8 Å². The zero-order chi connectivity index (χ0) is 25.8. The SMILES string of the molecule is CCn1nc(-c2cccc(CC(C)NS(=O)(=O)CC(F)(F)F)c2)cc1Oc1ccc(C(C)=O)cc1. The van der Waals surface area contributed by atoms with Crippen LogP contribution in [0.15, 0.2) is 54.6 Å². The number of rotatable bonds is 10. The van der Waals surface area contributed by atoms with Gasteiger partial charge in [0.05, 0.1) is 5.69 Å². The Morgan fingerprint density at radius 1 is 1.14 bits per heavy atom. The number of aryl methyl sites for hydroxylation is 1. The first-order chi connectivity index (χ1) is 16.3. The van der Waals surface area contributed by atoms with Gasteiger partial charge in [0.15, 0.2) is 11.5 Å². The zero-order valence-electron chi connectivity index (χ0n) is 19.5. The summed E-state index contributed by atoms with van der Waals surface area (Å²) < 4.78 is 70.6. The van der Waals surface area contributed by atoms with E-state index < -0.39 is 28.0 Å². The molecule has 0 fully saturated rings. The monoisotopic (exact) mass is 509 g/mol. The van der Waals surface area contributed by atoms with Crippen molar-refractivity contribution in [3.63, 3.8) is 0 Å². The number of alkyl halides is 3. The second-order valence-electron chi connectivity index (χ2n) is 8.16. The van der Waals surface area contributed by atoms with E-state index in [4.69, 9.17) is 4.74 Å². The maximum absolute atomic E-state index is 12.5. The molecule has 0 saturated heterocycles. The maximum Gasteiger partial charge on any atom is 0.404 e. The van der Waals surface area contributed by atoms with E-state index in [1.54, 1.807) is 47.1 Å². The predicted molar refractivity (Wildman–Crippen MR) is 126 cm³/mol. The van der Waals surface area contributed by atoms with Crippen LogP contribution >= 0.6 is 0 Å². The lowest BCUT2D eigenvalue weighted by atomic mass is 10.0. The fourth-order valence-corrected chi connectivity index (χ4v) is 4.76. The van der Waals surface area contributed by atoms with Crippen LogP contribution in [0, 0.1) is 0 Å². The minimum atomic E-state index is -4.81. The van der Waals surface area contributed by atoms with Crippen molar-refractivity contribution >= 4 is 15.8 Å². The van der Waals surface area contributed by atoms with Crippen molar-refractivity contribution in [2.45, 2.75) is 46.0 Å². The van der Waals surface area contributed by atoms with Gasteiger partial charge in [0.25, 0.3) is 0 Å². The predicted octanol–water partition coefficient (Wildman–Crippen LogP) is 4.98. The van der Waals surface area contributed by atoms with Crippen LogP contribution in [0.5, 0.6) is 11.6 Å². The lowest BCUT2D eigenvalue weighted by Crippen LogP contribution is -2.39. The number of ketones is 1. The summed E-state index contributed by atoms with van der Waals surface area (Å²) in [6, 6.07) is 15.0. The van der Waals surface area contributed by atoms with Crippen molar-refractivity contribution in [1.82, 2.24) is 14.5 Å². The lowest BCUT2D eigenvalue weighted by molar-refractivity contribution is -0.106. The van der Waals surface area contributed by atoms with Crippen molar-refractivity contribution in [2.24, 2.45) is 0 Å². The van der Waals surface area contributed by atoms with Gasteiger partial charge in [-0.15, -0.1) is 0 Å². The molecule has 0 amide bonds. The molecular weight excluding hydrogens is 483 g/mol. The second kappa shape index (κ2) is 10.6. The van der Waals surface area contributed by atoms with Gasteiger partial charge in [-0.25, -0.2) is 17.8 Å². The molecule has 0 aliphatic heterocycles. The molecule has 0 bridgehead atoms. The Balaban J connectivity index is 1.75. The van der Waals surface area contributed by atoms with E-state index in [2.05, 4.69) is 9.82 Å². The average molecular weight is 510 g/mol. The van der Waals surface area contributed by atoms with Crippen LogP contribution in [0.2, 0.25) is 0 Å². The van der Waals surface area contributed by atoms with Crippen molar-refractivity contribution in [3.8, 4) is 22.9 Å². The molecule has 0 spiro atoms. The normalized spacial score (nSPS) is 13.0. The average Bonchev–Trinajstić information content (AvgIpc) is 3.15. The summed E-state index contributed by atoms with van der Waals surface area (Å²) in [7, 11) is -4.49. The van der Waals surface area contributed by atoms with Crippen LogP contribution in [-0.4, -0.2) is 42.0 Å². The standard InChI is InChI=1S/C24H26F3N3O4S/c1-4-30-23(34-21-10-8-19(9-11-21)17(3)31)14-22(28-30)20-7-5-6-18(13-20)12-16(2)29-35(32,33)15-24(25,26)27/h5-11,13-14,16,29H,4,12,15H2,1-3H3. The number of benzene rings is 2. The van der Waals surface area contributed by atoms with E-state index in [9.17, 15) is 26.4 Å². The van der Waals surface area contributed by atoms with Gasteiger partial charge in [-0.3, -0.25) is 4.79 Å². The number of carbonyl (C=O) groups excluding carboxylic acids is 1. The molecule has 1 aromatic heterocycles. The number of ether oxygens (including phenoxy) is 1. The summed E-state index contributed by atoms with van der Waals surface area (Å²) in [5, 5.41) is 4.56. The highest BCUT2D eigenvalue weighted by molar-refractivity contribution is 7.89. The lowest BCUT2D eigenvalue weighted by Gasteiger charge is -2.15. The number of sulfonamides is 1. The molecule has 0 radical (unpaired) electrons. The summed E-state index contributed by atoms with van der Waals surface area (Å²) in [5.41, 5.74) is 2.68. The molecule has 188 valence electrons. The molecule has 2 aromatic carbocycles. The molecule has 1 heterocycles. The van der Waals surface area contributed by atoms with Crippen LogP contribution in [0.25, 0.3) is 11.3 Å². The van der Waals surface area contributed by atoms with E-state index in [0.29, 0.717) is 29.4 Å². The molecule has 1 N–H and O–H groups in total. The Labute approximate surface area is 202 Å². The van der Waals surface area contributed by atoms with Crippen molar-refractivity contribution in [3.05, 3.63) is 65.7 Å². The molecule has 35 heavy (non-hydrogen) atoms. The van der Waals surface area contributed by atoms with Crippen LogP contribution in [0.4, 0.5) is 13.2 Å². The van der Waals surface area contributed by atoms with Crippen molar-refractivity contribution in [2.75, 3.05) is 5.75 Å². The van der Waals surface area contributed by atoms with E-state index in [-0.39, 0.29) is 12.2 Å². The minimum absolute atomic E-state index is 0.0419. The van der Waals surface area contributed by atoms with Gasteiger partial charge in [0.2, 0.25) is 15.9 Å². The first-order valence-electron chi connectivity index (χ1n) is 10.9. The number of nitrogens with one attached hydrogen (secondary N) is 1. The highest BCUT2D eigenvalue weighted by atomic mass is 32.2. The molecule has 0 saturated carbocycles. The summed E-state index contributed by atoms with van der Waals surface area (Å²) in [5.74, 6) is -0.916. The first kappa shape index (κ1) is 26.4. The highest BCUT2D eigenvalue weighted by Gasteiger charge is 2.35. The molecule has 11 heteroatoms. The van der Waals surface area contributed by atoms with Crippen LogP contribution in [0.3, 0.4) is 0 Å². The third kappa shape index (κ3) is 7.66. The highest BCUT2D eigenvalue weighted by Crippen LogP contribution is 2.28. The smallest absolute Gasteiger partial charge is 0.404 e. The number of halogens is 3. The van der Waals surface area contributed by atoms with Gasteiger partial charge in [-0.05, 0) is 63.1 Å². The third-order valence-electron chi connectivity index (χ3n) is 5.02. The van der Waals surface area contributed by atoms with Gasteiger partial charge >= 0.3 is 6.18 Å². The largest absolute Gasteiger partial charge is 0.439 e. The summed E-state index contributed by atoms with van der Waals surface area (Å²) in [6.07, 6.45) is -4.61. The molecular formula is C24H26F3N3O4S. The minimum Gasteiger partial charge on any atom is -0.439 e. The van der Waals surface area contributed by atoms with E-state index in [0.717, 1.165) is 11.1 Å². The quantitative estimate of drug-likeness (QED) is 0.390. The van der Waals surface area contributed by atoms with E-state index >= 15 is 0 Å². The molecule has 3 rings (SSSR count). The van der Waals surface area contributed by atoms with Gasteiger partial charge in [-0.2, -0.15) is 18.3 Å². The number of aromatic nitrogens is 2. The molecule has 0 aliphatic carbocycles. The Kier molecular flexibility index (Phi) is 8.01. The van der Waals surface area contributed by atoms with E-state index in [1.807, 2.05) is 19.1 Å². The van der Waals surface area contributed by atoms with Gasteiger partial charge in [-0.1, -0.05) is 18.2 Å². The topological polar surface area (TPSA) is 90.3 Å². The zero-order valence-corrected chi connectivity index (χ0v) is 20.3. The number of Topliss-reactive ketones (excluding diaryl/α,β-unsaturated/α-hetero) is 1. The maximum atomic E-state index is 12.5. The number of carbonyl (C=O) groups is 1. The Morgan fingerprint density at radius 2 is 1.83 bits per heavy atom. The Morgan fingerprint density at radius 3 is 2.43 bits per heavy atom. The molecule has 7 nitrogen and oxygen atoms in total. The summed E-state index contributed by atoms with van der Waals surface area (Å²) >= 11 is 0. The Bertz CT molecular complexity index is 1290. The number of hydrogen-bond acceptors (Lipinski definition) is 5. The fourth-order valence-electron chi connectivity index (χ4n) is 3.54. The molecule has 0 aliphatic rings. The third-order valence-corrected chi connectivity index (χ3v) is 6.49. The van der Waals surface area contributed by atoms with Crippen LogP contribution in [0.1, 0.15) is 36.7 Å². The first-order valence-corrected chi connectivity index (χ1v) is 12.5. The number of hydrogen-bond donors (Lipinski definition) is 1. The summed E-state index contributed by atoms with van der Waals surface area (Å²) in [4.78, 5) is 11.5. The van der Waals surface area contributed by atoms with E-state index in [1.165, 1.54) is 13.8 Å². The van der Waals surface area contributed by atoms with Crippen LogP contribution in [-0.2, 0) is 23.0 Å². The fraction of sp³-hybridized carbons (Fsp3) is 0.333. The number of nitrogens with zero attached hydrogens (tertiary/aromatic N) is 2. The van der Waals surface area contributed by atoms with Gasteiger partial charge in [0.1, 0.15) is 5.75 Å². The van der Waals surface area contributed by atoms with Crippen molar-refractivity contribution < 1.29 is 31.1 Å². The molecule has 1 atom stereocenters.